The van der Waals surface area contributed by atoms with Gasteiger partial charge >= 0.3 is 0 Å². The van der Waals surface area contributed by atoms with Crippen molar-refractivity contribution in [1.29, 1.82) is 0 Å². The zero-order chi connectivity index (χ0) is 25.8. The predicted molar refractivity (Wildman–Crippen MR) is 136 cm³/mol. The number of fused-ring (bicyclic) bond motifs is 1. The zero-order valence-electron chi connectivity index (χ0n) is 21.0. The number of nitrogens with zero attached hydrogens (tertiary/aromatic N) is 2. The summed E-state index contributed by atoms with van der Waals surface area (Å²) in [5.41, 5.74) is 1.09. The Kier molecular flexibility index (Phi) is 7.62. The molecule has 1 amide bonds. The second-order valence-corrected chi connectivity index (χ2v) is 9.13. The van der Waals surface area contributed by atoms with Crippen molar-refractivity contribution in [3.63, 3.8) is 0 Å². The van der Waals surface area contributed by atoms with E-state index in [-0.39, 0.29) is 11.3 Å². The first-order valence-electron chi connectivity index (χ1n) is 12.8. The highest BCUT2D eigenvalue weighted by Gasteiger charge is 2.47. The fraction of sp³-hybridized carbons (Fsp3) is 0.429. The molecular weight excluding hydrogens is 476 g/mol. The molecule has 2 saturated heterocycles. The van der Waals surface area contributed by atoms with Gasteiger partial charge in [0.2, 0.25) is 0 Å². The number of rotatable bonds is 8. The molecule has 9 heteroatoms. The van der Waals surface area contributed by atoms with Crippen LogP contribution in [0.3, 0.4) is 0 Å². The van der Waals surface area contributed by atoms with E-state index < -0.39 is 17.7 Å². The van der Waals surface area contributed by atoms with Crippen LogP contribution in [0.2, 0.25) is 0 Å². The summed E-state index contributed by atoms with van der Waals surface area (Å²) in [6.45, 7) is 7.39. The highest BCUT2D eigenvalue weighted by molar-refractivity contribution is 6.46. The standard InChI is InChI=1S/C28H32N2O7/c1-2-35-21-7-4-3-6-20(21)25-24(26(31)19-8-9-22-23(18-19)37-17-16-36-22)27(32)28(33)30(25)11-5-10-29-12-14-34-15-13-29/h3-4,6-9,18,25,31H,2,5,10-17H2,1H3/t25-/m1/s1. The fourth-order valence-corrected chi connectivity index (χ4v) is 5.06. The summed E-state index contributed by atoms with van der Waals surface area (Å²) in [7, 11) is 0. The number of Topliss-reactive ketones (excluding diaryl/α,β-unsaturated/α-hetero) is 1. The van der Waals surface area contributed by atoms with Gasteiger partial charge in [0.15, 0.2) is 11.5 Å². The number of carbonyl (C=O) groups is 2. The van der Waals surface area contributed by atoms with Gasteiger partial charge in [-0.2, -0.15) is 0 Å². The van der Waals surface area contributed by atoms with Crippen molar-refractivity contribution in [3.8, 4) is 17.2 Å². The average molecular weight is 509 g/mol. The number of hydrogen-bond donors (Lipinski definition) is 1. The summed E-state index contributed by atoms with van der Waals surface area (Å²) in [5.74, 6) is 0.0452. The highest BCUT2D eigenvalue weighted by Crippen LogP contribution is 2.43. The Labute approximate surface area is 216 Å². The summed E-state index contributed by atoms with van der Waals surface area (Å²) in [6, 6.07) is 11.6. The number of ether oxygens (including phenoxy) is 4. The van der Waals surface area contributed by atoms with Crippen LogP contribution in [0.5, 0.6) is 17.2 Å². The fourth-order valence-electron chi connectivity index (χ4n) is 5.06. The number of likely N-dealkylation sites (tertiary alicyclic amines) is 1. The van der Waals surface area contributed by atoms with Gasteiger partial charge in [0.25, 0.3) is 11.7 Å². The third-order valence-electron chi connectivity index (χ3n) is 6.85. The molecule has 1 N–H and O–H groups in total. The Morgan fingerprint density at radius 1 is 1.00 bits per heavy atom. The van der Waals surface area contributed by atoms with Crippen LogP contribution >= 0.6 is 0 Å². The molecule has 2 fully saturated rings. The molecule has 5 rings (SSSR count). The maximum absolute atomic E-state index is 13.4. The second kappa shape index (κ2) is 11.2. The van der Waals surface area contributed by atoms with Crippen molar-refractivity contribution in [2.24, 2.45) is 0 Å². The number of morpholine rings is 1. The highest BCUT2D eigenvalue weighted by atomic mass is 16.6. The average Bonchev–Trinajstić information content (AvgIpc) is 3.18. The third-order valence-corrected chi connectivity index (χ3v) is 6.85. The van der Waals surface area contributed by atoms with Crippen molar-refractivity contribution >= 4 is 17.4 Å². The molecule has 196 valence electrons. The molecule has 3 aliphatic rings. The largest absolute Gasteiger partial charge is 0.507 e. The van der Waals surface area contributed by atoms with E-state index in [1.54, 1.807) is 23.1 Å². The van der Waals surface area contributed by atoms with Crippen molar-refractivity contribution in [3.05, 3.63) is 59.2 Å². The summed E-state index contributed by atoms with van der Waals surface area (Å²) >= 11 is 0. The molecule has 0 unspecified atom stereocenters. The summed E-state index contributed by atoms with van der Waals surface area (Å²) < 4.78 is 22.5. The van der Waals surface area contributed by atoms with Crippen LogP contribution in [0.25, 0.3) is 5.76 Å². The number of benzene rings is 2. The van der Waals surface area contributed by atoms with E-state index in [1.165, 1.54) is 0 Å². The van der Waals surface area contributed by atoms with E-state index in [0.29, 0.717) is 74.4 Å². The Morgan fingerprint density at radius 3 is 2.54 bits per heavy atom. The van der Waals surface area contributed by atoms with Gasteiger partial charge in [-0.05, 0) is 37.6 Å². The monoisotopic (exact) mass is 508 g/mol. The van der Waals surface area contributed by atoms with Crippen LogP contribution < -0.4 is 14.2 Å². The first kappa shape index (κ1) is 25.1. The Morgan fingerprint density at radius 2 is 1.76 bits per heavy atom. The van der Waals surface area contributed by atoms with Crippen LogP contribution in [-0.4, -0.2) is 85.8 Å². The maximum Gasteiger partial charge on any atom is 0.295 e. The van der Waals surface area contributed by atoms with Crippen LogP contribution in [-0.2, 0) is 14.3 Å². The normalized spacial score (nSPS) is 21.3. The smallest absolute Gasteiger partial charge is 0.295 e. The summed E-state index contributed by atoms with van der Waals surface area (Å²) in [5, 5.41) is 11.4. The van der Waals surface area contributed by atoms with E-state index in [2.05, 4.69) is 4.90 Å². The van der Waals surface area contributed by atoms with Gasteiger partial charge in [-0.1, -0.05) is 18.2 Å². The minimum Gasteiger partial charge on any atom is -0.507 e. The summed E-state index contributed by atoms with van der Waals surface area (Å²) in [4.78, 5) is 30.6. The van der Waals surface area contributed by atoms with E-state index in [0.717, 1.165) is 19.6 Å². The van der Waals surface area contributed by atoms with E-state index in [9.17, 15) is 14.7 Å². The second-order valence-electron chi connectivity index (χ2n) is 9.13. The van der Waals surface area contributed by atoms with Crippen molar-refractivity contribution < 1.29 is 33.6 Å². The first-order valence-corrected chi connectivity index (χ1v) is 12.8. The lowest BCUT2D eigenvalue weighted by Gasteiger charge is -2.29. The van der Waals surface area contributed by atoms with Crippen molar-refractivity contribution in [2.45, 2.75) is 19.4 Å². The lowest BCUT2D eigenvalue weighted by atomic mass is 9.94. The third kappa shape index (κ3) is 5.14. The Bertz CT molecular complexity index is 1190. The molecule has 37 heavy (non-hydrogen) atoms. The maximum atomic E-state index is 13.4. The van der Waals surface area contributed by atoms with Crippen LogP contribution in [0.1, 0.15) is 30.5 Å². The van der Waals surface area contributed by atoms with Crippen molar-refractivity contribution in [1.82, 2.24) is 9.80 Å². The molecule has 0 saturated carbocycles. The van der Waals surface area contributed by atoms with Gasteiger partial charge in [0.05, 0.1) is 31.4 Å². The molecule has 2 aromatic carbocycles. The lowest BCUT2D eigenvalue weighted by Crippen LogP contribution is -2.39. The summed E-state index contributed by atoms with van der Waals surface area (Å²) in [6.07, 6.45) is 0.685. The molecule has 1 atom stereocenters. The Balaban J connectivity index is 1.52. The van der Waals surface area contributed by atoms with Crippen molar-refractivity contribution in [2.75, 3.05) is 59.2 Å². The molecule has 0 aliphatic carbocycles. The van der Waals surface area contributed by atoms with E-state index >= 15 is 0 Å². The van der Waals surface area contributed by atoms with E-state index in [1.807, 2.05) is 31.2 Å². The number of amides is 1. The zero-order valence-corrected chi connectivity index (χ0v) is 21.0. The van der Waals surface area contributed by atoms with Gasteiger partial charge in [-0.25, -0.2) is 0 Å². The molecule has 0 spiro atoms. The van der Waals surface area contributed by atoms with Gasteiger partial charge < -0.3 is 29.0 Å². The molecule has 2 aromatic rings. The van der Waals surface area contributed by atoms with E-state index in [4.69, 9.17) is 18.9 Å². The van der Waals surface area contributed by atoms with Gasteiger partial charge in [-0.15, -0.1) is 0 Å². The quantitative estimate of drug-likeness (QED) is 0.330. The minimum atomic E-state index is -0.777. The first-order chi connectivity index (χ1) is 18.1. The van der Waals surface area contributed by atoms with Gasteiger partial charge in [0.1, 0.15) is 24.7 Å². The number of carbonyl (C=O) groups excluding carboxylic acids is 2. The number of para-hydroxylation sites is 1. The van der Waals surface area contributed by atoms with Crippen LogP contribution in [0.15, 0.2) is 48.0 Å². The molecule has 0 aromatic heterocycles. The predicted octanol–water partition coefficient (Wildman–Crippen LogP) is 3.00. The lowest BCUT2D eigenvalue weighted by molar-refractivity contribution is -0.140. The van der Waals surface area contributed by atoms with Gasteiger partial charge in [0, 0.05) is 37.3 Å². The molecule has 9 nitrogen and oxygen atoms in total. The number of hydrogen-bond acceptors (Lipinski definition) is 8. The molecule has 3 heterocycles. The number of aliphatic hydroxyl groups excluding tert-OH is 1. The Hall–Kier alpha value is -3.56. The minimum absolute atomic E-state index is 0.0419. The SMILES string of the molecule is CCOc1ccccc1[C@@H]1C(=C(O)c2ccc3c(c2)OCCO3)C(=O)C(=O)N1CCCN1CCOCC1. The molecule has 3 aliphatic heterocycles. The number of aliphatic hydroxyl groups is 1. The molecule has 0 bridgehead atoms. The van der Waals surface area contributed by atoms with Crippen LogP contribution in [0.4, 0.5) is 0 Å². The van der Waals surface area contributed by atoms with Gasteiger partial charge in [-0.3, -0.25) is 14.5 Å². The molecular formula is C28H32N2O7. The van der Waals surface area contributed by atoms with Crippen LogP contribution in [0, 0.1) is 0 Å². The number of ketones is 1. The molecule has 0 radical (unpaired) electrons. The topological polar surface area (TPSA) is 97.8 Å².